The summed E-state index contributed by atoms with van der Waals surface area (Å²) in [5.74, 6) is 0.773. The van der Waals surface area contributed by atoms with E-state index in [1.807, 2.05) is 6.07 Å². The number of anilines is 2. The van der Waals surface area contributed by atoms with Gasteiger partial charge in [0.25, 0.3) is 0 Å². The molecule has 3 heterocycles. The highest BCUT2D eigenvalue weighted by atomic mass is 32.1. The van der Waals surface area contributed by atoms with Gasteiger partial charge in [-0.1, -0.05) is 11.3 Å². The lowest BCUT2D eigenvalue weighted by atomic mass is 10.3. The summed E-state index contributed by atoms with van der Waals surface area (Å²) in [6, 6.07) is 1.82. The fourth-order valence-corrected chi connectivity index (χ4v) is 2.81. The Morgan fingerprint density at radius 3 is 2.37 bits per heavy atom. The molecule has 0 unspecified atom stereocenters. The molecule has 2 aromatic heterocycles. The first kappa shape index (κ1) is 12.0. The maximum Gasteiger partial charge on any atom is 0.225 e. The molecule has 0 spiro atoms. The van der Waals surface area contributed by atoms with Crippen LogP contribution in [0.2, 0.25) is 0 Å². The molecular formula is C12H13N5OS. The largest absolute Gasteiger partial charge is 0.345 e. The molecule has 3 rings (SSSR count). The molecule has 0 saturated carbocycles. The highest BCUT2D eigenvalue weighted by molar-refractivity contribution is 7.17. The summed E-state index contributed by atoms with van der Waals surface area (Å²) in [6.07, 6.45) is 5.98. The first-order valence-electron chi connectivity index (χ1n) is 6.05. The first-order chi connectivity index (χ1) is 9.36. The normalized spacial score (nSPS) is 15.6. The lowest BCUT2D eigenvalue weighted by molar-refractivity contribution is 0.112. The van der Waals surface area contributed by atoms with E-state index in [2.05, 4.69) is 24.8 Å². The molecule has 0 bridgehead atoms. The number of thiazole rings is 1. The molecule has 2 aromatic rings. The predicted octanol–water partition coefficient (Wildman–Crippen LogP) is 1.07. The van der Waals surface area contributed by atoms with Gasteiger partial charge in [0, 0.05) is 38.6 Å². The molecule has 0 atom stereocenters. The smallest absolute Gasteiger partial charge is 0.225 e. The molecule has 0 aromatic carbocycles. The van der Waals surface area contributed by atoms with Crippen LogP contribution in [0.3, 0.4) is 0 Å². The monoisotopic (exact) mass is 275 g/mol. The van der Waals surface area contributed by atoms with Gasteiger partial charge in [0.15, 0.2) is 11.4 Å². The van der Waals surface area contributed by atoms with Crippen molar-refractivity contribution in [2.24, 2.45) is 0 Å². The Bertz CT molecular complexity index is 550. The van der Waals surface area contributed by atoms with E-state index in [4.69, 9.17) is 0 Å². The summed E-state index contributed by atoms with van der Waals surface area (Å²) >= 11 is 1.43. The van der Waals surface area contributed by atoms with Gasteiger partial charge in [-0.25, -0.2) is 15.0 Å². The molecule has 0 radical (unpaired) electrons. The van der Waals surface area contributed by atoms with Crippen molar-refractivity contribution in [3.63, 3.8) is 0 Å². The lowest BCUT2D eigenvalue weighted by Gasteiger charge is -2.34. The summed E-state index contributed by atoms with van der Waals surface area (Å²) in [7, 11) is 0. The standard InChI is InChI=1S/C12H13N5OS/c18-9-10-8-15-12(19-10)17-6-4-16(5-7-17)11-13-2-1-3-14-11/h1-3,8-9H,4-7H2. The third kappa shape index (κ3) is 2.55. The molecule has 1 aliphatic rings. The SMILES string of the molecule is O=Cc1cnc(N2CCN(c3ncccn3)CC2)s1. The van der Waals surface area contributed by atoms with Crippen molar-refractivity contribution in [3.8, 4) is 0 Å². The van der Waals surface area contributed by atoms with Crippen LogP contribution in [-0.2, 0) is 0 Å². The van der Waals surface area contributed by atoms with Crippen LogP contribution in [0.4, 0.5) is 11.1 Å². The molecule has 1 saturated heterocycles. The van der Waals surface area contributed by atoms with E-state index in [1.54, 1.807) is 18.6 Å². The number of carbonyl (C=O) groups is 1. The minimum atomic E-state index is 0.670. The van der Waals surface area contributed by atoms with Gasteiger partial charge >= 0.3 is 0 Å². The minimum Gasteiger partial charge on any atom is -0.345 e. The van der Waals surface area contributed by atoms with E-state index in [0.29, 0.717) is 4.88 Å². The zero-order valence-corrected chi connectivity index (χ0v) is 11.1. The predicted molar refractivity (Wildman–Crippen MR) is 74.0 cm³/mol. The molecule has 7 heteroatoms. The van der Waals surface area contributed by atoms with Crippen molar-refractivity contribution in [1.82, 2.24) is 15.0 Å². The summed E-state index contributed by atoms with van der Waals surface area (Å²) < 4.78 is 0. The number of aldehydes is 1. The zero-order chi connectivity index (χ0) is 13.1. The molecule has 0 amide bonds. The van der Waals surface area contributed by atoms with Crippen LogP contribution < -0.4 is 9.80 Å². The summed E-state index contributed by atoms with van der Waals surface area (Å²) in [5.41, 5.74) is 0. The van der Waals surface area contributed by atoms with Crippen LogP contribution in [0.5, 0.6) is 0 Å². The fraction of sp³-hybridized carbons (Fsp3) is 0.333. The number of aromatic nitrogens is 3. The van der Waals surface area contributed by atoms with Crippen molar-refractivity contribution >= 4 is 28.7 Å². The Labute approximate surface area is 114 Å². The van der Waals surface area contributed by atoms with Crippen LogP contribution in [0.1, 0.15) is 9.67 Å². The quantitative estimate of drug-likeness (QED) is 0.781. The van der Waals surface area contributed by atoms with Gasteiger partial charge in [-0.05, 0) is 6.07 Å². The molecule has 0 aliphatic carbocycles. The average Bonchev–Trinajstić information content (AvgIpc) is 2.97. The second-order valence-corrected chi connectivity index (χ2v) is 5.23. The van der Waals surface area contributed by atoms with Gasteiger partial charge in [0.1, 0.15) is 0 Å². The number of hydrogen-bond acceptors (Lipinski definition) is 7. The maximum absolute atomic E-state index is 10.7. The van der Waals surface area contributed by atoms with Gasteiger partial charge in [-0.15, -0.1) is 0 Å². The van der Waals surface area contributed by atoms with Gasteiger partial charge in [-0.3, -0.25) is 4.79 Å². The summed E-state index contributed by atoms with van der Waals surface area (Å²) in [6.45, 7) is 3.45. The highest BCUT2D eigenvalue weighted by Crippen LogP contribution is 2.23. The van der Waals surface area contributed by atoms with Crippen LogP contribution >= 0.6 is 11.3 Å². The van der Waals surface area contributed by atoms with Crippen LogP contribution in [0.25, 0.3) is 0 Å². The Kier molecular flexibility index (Phi) is 3.37. The number of nitrogens with zero attached hydrogens (tertiary/aromatic N) is 5. The van der Waals surface area contributed by atoms with E-state index >= 15 is 0 Å². The van der Waals surface area contributed by atoms with Crippen LogP contribution in [0, 0.1) is 0 Å². The number of hydrogen-bond donors (Lipinski definition) is 0. The third-order valence-corrected chi connectivity index (χ3v) is 4.00. The molecule has 0 N–H and O–H groups in total. The fourth-order valence-electron chi connectivity index (χ4n) is 2.03. The van der Waals surface area contributed by atoms with Gasteiger partial charge < -0.3 is 9.80 Å². The third-order valence-electron chi connectivity index (χ3n) is 3.01. The van der Waals surface area contributed by atoms with E-state index < -0.39 is 0 Å². The molecule has 1 aliphatic heterocycles. The van der Waals surface area contributed by atoms with Gasteiger partial charge in [0.05, 0.1) is 11.1 Å². The van der Waals surface area contributed by atoms with E-state index in [9.17, 15) is 4.79 Å². The average molecular weight is 275 g/mol. The number of carbonyl (C=O) groups excluding carboxylic acids is 1. The molecule has 6 nitrogen and oxygen atoms in total. The Morgan fingerprint density at radius 1 is 1.05 bits per heavy atom. The van der Waals surface area contributed by atoms with Gasteiger partial charge in [-0.2, -0.15) is 0 Å². The second kappa shape index (κ2) is 5.31. The van der Waals surface area contributed by atoms with Crippen LogP contribution in [-0.4, -0.2) is 47.4 Å². The Morgan fingerprint density at radius 2 is 1.74 bits per heavy atom. The Balaban J connectivity index is 1.65. The second-order valence-electron chi connectivity index (χ2n) is 4.19. The molecule has 1 fully saturated rings. The van der Waals surface area contributed by atoms with Crippen LogP contribution in [0.15, 0.2) is 24.7 Å². The number of piperazine rings is 1. The van der Waals surface area contributed by atoms with E-state index in [-0.39, 0.29) is 0 Å². The lowest BCUT2D eigenvalue weighted by Crippen LogP contribution is -2.47. The minimum absolute atomic E-state index is 0.670. The molecule has 98 valence electrons. The maximum atomic E-state index is 10.7. The van der Waals surface area contributed by atoms with Gasteiger partial charge in [0.2, 0.25) is 5.95 Å². The van der Waals surface area contributed by atoms with E-state index in [1.165, 1.54) is 11.3 Å². The van der Waals surface area contributed by atoms with Crippen molar-refractivity contribution in [2.45, 2.75) is 0 Å². The van der Waals surface area contributed by atoms with E-state index in [0.717, 1.165) is 43.5 Å². The number of rotatable bonds is 3. The topological polar surface area (TPSA) is 62.2 Å². The van der Waals surface area contributed by atoms with Crippen molar-refractivity contribution in [1.29, 1.82) is 0 Å². The molecule has 19 heavy (non-hydrogen) atoms. The molecular weight excluding hydrogens is 262 g/mol. The summed E-state index contributed by atoms with van der Waals surface area (Å²) in [4.78, 5) is 28.5. The van der Waals surface area contributed by atoms with Crippen molar-refractivity contribution < 1.29 is 4.79 Å². The Hall–Kier alpha value is -2.02. The summed E-state index contributed by atoms with van der Waals surface area (Å²) in [5, 5.41) is 0.913. The first-order valence-corrected chi connectivity index (χ1v) is 6.86. The van der Waals surface area contributed by atoms with Crippen molar-refractivity contribution in [2.75, 3.05) is 36.0 Å². The zero-order valence-electron chi connectivity index (χ0n) is 10.3. The van der Waals surface area contributed by atoms with Crippen molar-refractivity contribution in [3.05, 3.63) is 29.5 Å². The highest BCUT2D eigenvalue weighted by Gasteiger charge is 2.20.